The van der Waals surface area contributed by atoms with Crippen molar-refractivity contribution in [2.75, 3.05) is 11.9 Å². The summed E-state index contributed by atoms with van der Waals surface area (Å²) in [6.07, 6.45) is 1.000. The lowest BCUT2D eigenvalue weighted by Gasteiger charge is -2.37. The summed E-state index contributed by atoms with van der Waals surface area (Å²) in [6.45, 7) is 11.9. The number of aryl methyl sites for hydroxylation is 2. The molecule has 7 atom stereocenters. The van der Waals surface area contributed by atoms with E-state index in [2.05, 4.69) is 10.6 Å². The molecule has 8 nitrogen and oxygen atoms in total. The number of ether oxygens (including phenoxy) is 1. The third-order valence-electron chi connectivity index (χ3n) is 9.59. The Morgan fingerprint density at radius 1 is 1.12 bits per heavy atom. The van der Waals surface area contributed by atoms with E-state index in [1.165, 1.54) is 0 Å². The molecule has 2 aromatic carbocycles. The van der Waals surface area contributed by atoms with Crippen molar-refractivity contribution in [2.24, 2.45) is 23.7 Å². The van der Waals surface area contributed by atoms with Gasteiger partial charge >= 0.3 is 0 Å². The fraction of sp³-hybridized carbons (Fsp3) is 0.545. The van der Waals surface area contributed by atoms with Crippen molar-refractivity contribution in [3.63, 3.8) is 0 Å². The molecule has 3 amide bonds. The molecule has 0 saturated carbocycles. The number of carbonyl (C=O) groups is 3. The standard InChI is InChI=1S/C33H43N3O5/c1-19(2)14-24(18-37)36-28(30(39)35-25-15-20(3)12-13-21(25)4)33-16-22(5)32(6,41-33)26(27(33)31(36)40)29(38)34-17-23-10-8-7-9-11-23/h7-13,15,19,22,24,26-28,37H,14,16-18H2,1-6H3,(H,34,38)(H,35,39)/t22?,24-,26+,27+,28?,32-,33?/m1/s1. The number of nitrogens with one attached hydrogen (secondary N) is 2. The average Bonchev–Trinajstić information content (AvgIpc) is 3.45. The number of hydrogen-bond donors (Lipinski definition) is 3. The summed E-state index contributed by atoms with van der Waals surface area (Å²) in [5, 5.41) is 16.6. The Balaban J connectivity index is 1.55. The molecule has 0 radical (unpaired) electrons. The molecule has 3 aliphatic heterocycles. The first-order valence-corrected chi connectivity index (χ1v) is 14.8. The molecule has 2 bridgehead atoms. The molecule has 5 rings (SSSR count). The molecule has 3 unspecified atom stereocenters. The maximum absolute atomic E-state index is 14.5. The van der Waals surface area contributed by atoms with E-state index in [9.17, 15) is 19.5 Å². The molecular weight excluding hydrogens is 518 g/mol. The molecule has 3 heterocycles. The number of aliphatic hydroxyl groups excluding tert-OH is 1. The van der Waals surface area contributed by atoms with Crippen LogP contribution in [-0.2, 0) is 25.7 Å². The maximum atomic E-state index is 14.5. The quantitative estimate of drug-likeness (QED) is 0.429. The summed E-state index contributed by atoms with van der Waals surface area (Å²) < 4.78 is 6.83. The summed E-state index contributed by atoms with van der Waals surface area (Å²) in [5.74, 6) is -2.35. The first-order valence-electron chi connectivity index (χ1n) is 14.8. The fourth-order valence-corrected chi connectivity index (χ4v) is 7.56. The number of amides is 3. The summed E-state index contributed by atoms with van der Waals surface area (Å²) in [5.41, 5.74) is 1.47. The third-order valence-corrected chi connectivity index (χ3v) is 9.59. The van der Waals surface area contributed by atoms with Gasteiger partial charge in [-0.25, -0.2) is 0 Å². The van der Waals surface area contributed by atoms with Crippen LogP contribution in [0.15, 0.2) is 48.5 Å². The largest absolute Gasteiger partial charge is 0.394 e. The van der Waals surface area contributed by atoms with Gasteiger partial charge in [-0.05, 0) is 68.2 Å². The first-order chi connectivity index (χ1) is 19.4. The van der Waals surface area contributed by atoms with Gasteiger partial charge < -0.3 is 25.4 Å². The van der Waals surface area contributed by atoms with Crippen molar-refractivity contribution in [3.05, 3.63) is 65.2 Å². The van der Waals surface area contributed by atoms with Crippen molar-refractivity contribution in [1.82, 2.24) is 10.2 Å². The van der Waals surface area contributed by atoms with Crippen molar-refractivity contribution in [2.45, 2.75) is 84.2 Å². The van der Waals surface area contributed by atoms with Crippen LogP contribution in [0.25, 0.3) is 0 Å². The van der Waals surface area contributed by atoms with E-state index in [0.717, 1.165) is 16.7 Å². The van der Waals surface area contributed by atoms with Crippen molar-refractivity contribution >= 4 is 23.4 Å². The Morgan fingerprint density at radius 3 is 2.49 bits per heavy atom. The number of rotatable bonds is 9. The van der Waals surface area contributed by atoms with Crippen molar-refractivity contribution in [1.29, 1.82) is 0 Å². The van der Waals surface area contributed by atoms with Gasteiger partial charge in [-0.1, -0.05) is 63.2 Å². The molecule has 3 aliphatic rings. The smallest absolute Gasteiger partial charge is 0.250 e. The molecule has 0 aliphatic carbocycles. The molecular formula is C33H43N3O5. The molecule has 2 aromatic rings. The normalized spacial score (nSPS) is 30.9. The topological polar surface area (TPSA) is 108 Å². The lowest BCUT2D eigenvalue weighted by molar-refractivity contribution is -0.149. The highest BCUT2D eigenvalue weighted by molar-refractivity contribution is 6.04. The minimum Gasteiger partial charge on any atom is -0.394 e. The number of hydrogen-bond acceptors (Lipinski definition) is 5. The van der Waals surface area contributed by atoms with E-state index < -0.39 is 35.1 Å². The monoisotopic (exact) mass is 561 g/mol. The van der Waals surface area contributed by atoms with Gasteiger partial charge in [0.1, 0.15) is 11.6 Å². The van der Waals surface area contributed by atoms with Gasteiger partial charge in [0, 0.05) is 12.2 Å². The molecule has 3 N–H and O–H groups in total. The van der Waals surface area contributed by atoms with Gasteiger partial charge in [0.25, 0.3) is 0 Å². The minimum absolute atomic E-state index is 0.0624. The lowest BCUT2D eigenvalue weighted by atomic mass is 9.62. The number of aliphatic hydroxyl groups is 1. The zero-order chi connectivity index (χ0) is 29.7. The zero-order valence-corrected chi connectivity index (χ0v) is 24.9. The van der Waals surface area contributed by atoms with Gasteiger partial charge in [-0.15, -0.1) is 0 Å². The summed E-state index contributed by atoms with van der Waals surface area (Å²) in [6, 6.07) is 13.9. The van der Waals surface area contributed by atoms with Crippen LogP contribution in [0.2, 0.25) is 0 Å². The minimum atomic E-state index is -1.17. The van der Waals surface area contributed by atoms with Crippen LogP contribution in [-0.4, -0.2) is 57.6 Å². The SMILES string of the molecule is Cc1ccc(C)c(NC(=O)C2N([C@@H](CO)CC(C)C)C(=O)[C@@H]3[C@@H](C(=O)NCc4ccccc4)[C@]4(C)OC23CC4C)c1. The van der Waals surface area contributed by atoms with Crippen molar-refractivity contribution < 1.29 is 24.2 Å². The Morgan fingerprint density at radius 2 is 1.83 bits per heavy atom. The third kappa shape index (κ3) is 4.85. The van der Waals surface area contributed by atoms with E-state index in [-0.39, 0.29) is 36.2 Å². The molecule has 3 fully saturated rings. The number of nitrogens with zero attached hydrogens (tertiary/aromatic N) is 1. The Kier molecular flexibility index (Phi) is 7.76. The molecule has 220 valence electrons. The number of benzene rings is 2. The second-order valence-electron chi connectivity index (χ2n) is 12.9. The van der Waals surface area contributed by atoms with Crippen LogP contribution in [0.5, 0.6) is 0 Å². The van der Waals surface area contributed by atoms with Gasteiger partial charge in [0.15, 0.2) is 0 Å². The summed E-state index contributed by atoms with van der Waals surface area (Å²) in [7, 11) is 0. The maximum Gasteiger partial charge on any atom is 0.250 e. The Bertz CT molecular complexity index is 1330. The summed E-state index contributed by atoms with van der Waals surface area (Å²) in [4.78, 5) is 44.2. The van der Waals surface area contributed by atoms with Gasteiger partial charge in [-0.2, -0.15) is 0 Å². The van der Waals surface area contributed by atoms with E-state index in [1.807, 2.05) is 90.1 Å². The number of fused-ring (bicyclic) bond motifs is 1. The molecule has 1 spiro atoms. The van der Waals surface area contributed by atoms with E-state index in [4.69, 9.17) is 4.74 Å². The van der Waals surface area contributed by atoms with Crippen LogP contribution >= 0.6 is 0 Å². The van der Waals surface area contributed by atoms with Crippen LogP contribution in [0.4, 0.5) is 5.69 Å². The predicted molar refractivity (Wildman–Crippen MR) is 157 cm³/mol. The number of likely N-dealkylation sites (tertiary alicyclic amines) is 1. The highest BCUT2D eigenvalue weighted by Gasteiger charge is 2.80. The van der Waals surface area contributed by atoms with Crippen LogP contribution in [0, 0.1) is 37.5 Å². The van der Waals surface area contributed by atoms with Gasteiger partial charge in [-0.3, -0.25) is 14.4 Å². The Labute approximate surface area is 242 Å². The van der Waals surface area contributed by atoms with Crippen molar-refractivity contribution in [3.8, 4) is 0 Å². The van der Waals surface area contributed by atoms with E-state index in [0.29, 0.717) is 25.1 Å². The zero-order valence-electron chi connectivity index (χ0n) is 24.9. The number of anilines is 1. The Hall–Kier alpha value is -3.23. The van der Waals surface area contributed by atoms with Crippen LogP contribution < -0.4 is 10.6 Å². The lowest BCUT2D eigenvalue weighted by Crippen LogP contribution is -2.56. The van der Waals surface area contributed by atoms with Gasteiger partial charge in [0.05, 0.1) is 30.1 Å². The average molecular weight is 562 g/mol. The van der Waals surface area contributed by atoms with E-state index in [1.54, 1.807) is 4.90 Å². The molecule has 41 heavy (non-hydrogen) atoms. The second-order valence-corrected chi connectivity index (χ2v) is 12.9. The summed E-state index contributed by atoms with van der Waals surface area (Å²) >= 11 is 0. The highest BCUT2D eigenvalue weighted by atomic mass is 16.5. The highest BCUT2D eigenvalue weighted by Crippen LogP contribution is 2.65. The predicted octanol–water partition coefficient (Wildman–Crippen LogP) is 3.98. The van der Waals surface area contributed by atoms with Crippen LogP contribution in [0.3, 0.4) is 0 Å². The molecule has 3 saturated heterocycles. The second kappa shape index (κ2) is 10.9. The van der Waals surface area contributed by atoms with Crippen LogP contribution in [0.1, 0.15) is 57.2 Å². The van der Waals surface area contributed by atoms with E-state index >= 15 is 0 Å². The number of carbonyl (C=O) groups excluding carboxylic acids is 3. The fourth-order valence-electron chi connectivity index (χ4n) is 7.56. The molecule has 0 aromatic heterocycles. The van der Waals surface area contributed by atoms with Gasteiger partial charge in [0.2, 0.25) is 17.7 Å². The first kappa shape index (κ1) is 29.3. The molecule has 8 heteroatoms.